The maximum absolute atomic E-state index is 13.1. The van der Waals surface area contributed by atoms with Gasteiger partial charge in [-0.3, -0.25) is 4.79 Å². The number of carbonyl (C=O) groups excluding carboxylic acids is 1. The lowest BCUT2D eigenvalue weighted by Gasteiger charge is -2.53. The summed E-state index contributed by atoms with van der Waals surface area (Å²) in [7, 11) is 0. The molecule has 2 aliphatic rings. The molecule has 29 heavy (non-hydrogen) atoms. The molecule has 1 amide bonds. The topological polar surface area (TPSA) is 26.8 Å². The molecular weight excluding hydrogens is 386 g/mol. The van der Waals surface area contributed by atoms with Crippen molar-refractivity contribution in [2.45, 2.75) is 18.6 Å². The quantitative estimate of drug-likeness (QED) is 0.547. The van der Waals surface area contributed by atoms with Crippen LogP contribution in [0.1, 0.15) is 12.5 Å². The van der Waals surface area contributed by atoms with E-state index >= 15 is 0 Å². The lowest BCUT2D eigenvalue weighted by atomic mass is 9.89. The number of likely N-dealkylation sites (tertiary alicyclic amines) is 1. The number of hydrogen-bond donors (Lipinski definition) is 0. The smallest absolute Gasteiger partial charge is 0.343 e. The highest BCUT2D eigenvalue weighted by molar-refractivity contribution is 5.92. The number of carbonyl (C=O) groups is 1. The number of halogens is 4. The Morgan fingerprint density at radius 1 is 1.03 bits per heavy atom. The maximum Gasteiger partial charge on any atom is 0.416 e. The van der Waals surface area contributed by atoms with Gasteiger partial charge in [0.2, 0.25) is 0 Å². The Morgan fingerprint density at radius 2 is 1.62 bits per heavy atom. The van der Waals surface area contributed by atoms with E-state index in [1.807, 2.05) is 36.1 Å². The number of anilines is 3. The molecule has 0 radical (unpaired) electrons. The fourth-order valence-electron chi connectivity index (χ4n) is 3.99. The fourth-order valence-corrected chi connectivity index (χ4v) is 3.99. The zero-order chi connectivity index (χ0) is 21.0. The third kappa shape index (κ3) is 3.22. The highest BCUT2D eigenvalue weighted by atomic mass is 19.4. The average Bonchev–Trinajstić information content (AvgIpc) is 3.04. The van der Waals surface area contributed by atoms with Crippen LogP contribution in [0.2, 0.25) is 0 Å². The van der Waals surface area contributed by atoms with Gasteiger partial charge in [0.15, 0.2) is 5.83 Å². The lowest BCUT2D eigenvalue weighted by molar-refractivity contribution is -0.137. The van der Waals surface area contributed by atoms with E-state index in [4.69, 9.17) is 0 Å². The molecule has 0 atom stereocenters. The monoisotopic (exact) mass is 405 g/mol. The molecule has 1 saturated heterocycles. The Kier molecular flexibility index (Phi) is 4.33. The molecule has 0 aromatic heterocycles. The van der Waals surface area contributed by atoms with Gasteiger partial charge in [-0.25, -0.2) is 4.39 Å². The normalized spacial score (nSPS) is 17.8. The van der Waals surface area contributed by atoms with Crippen molar-refractivity contribution in [1.29, 1.82) is 0 Å². The van der Waals surface area contributed by atoms with Crippen LogP contribution in [0.5, 0.6) is 0 Å². The molecule has 1 fully saturated rings. The molecule has 2 aromatic carbocycles. The predicted molar refractivity (Wildman–Crippen MR) is 103 cm³/mol. The number of hydrogen-bond acceptors (Lipinski definition) is 3. The van der Waals surface area contributed by atoms with Crippen LogP contribution in [0.25, 0.3) is 0 Å². The standard InChI is InChI=1S/C21H19F4N3O/c1-14(22)19(29)26-11-20(2,12-26)28-13-27(17-5-3-4-6-18(17)28)16-9-7-15(8-10-16)21(23,24)25/h3-10H,1,11-13H2,2H3. The molecule has 8 heteroatoms. The number of amides is 1. The highest BCUT2D eigenvalue weighted by Gasteiger charge is 2.49. The minimum atomic E-state index is -4.39. The molecule has 0 N–H and O–H groups in total. The van der Waals surface area contributed by atoms with Gasteiger partial charge < -0.3 is 14.7 Å². The molecule has 0 aliphatic carbocycles. The predicted octanol–water partition coefficient (Wildman–Crippen LogP) is 4.71. The Balaban J connectivity index is 1.60. The van der Waals surface area contributed by atoms with Crippen molar-refractivity contribution in [1.82, 2.24) is 4.90 Å². The van der Waals surface area contributed by atoms with Crippen LogP contribution in [0.4, 0.5) is 34.6 Å². The number of fused-ring (bicyclic) bond motifs is 1. The highest BCUT2D eigenvalue weighted by Crippen LogP contribution is 2.46. The summed E-state index contributed by atoms with van der Waals surface area (Å²) in [4.78, 5) is 17.2. The van der Waals surface area contributed by atoms with Crippen molar-refractivity contribution < 1.29 is 22.4 Å². The van der Waals surface area contributed by atoms with Crippen molar-refractivity contribution in [2.24, 2.45) is 0 Å². The summed E-state index contributed by atoms with van der Waals surface area (Å²) in [5.74, 6) is -1.70. The molecule has 4 nitrogen and oxygen atoms in total. The van der Waals surface area contributed by atoms with Gasteiger partial charge in [0, 0.05) is 18.8 Å². The summed E-state index contributed by atoms with van der Waals surface area (Å²) < 4.78 is 51.8. The van der Waals surface area contributed by atoms with E-state index in [-0.39, 0.29) is 0 Å². The average molecular weight is 405 g/mol. The summed E-state index contributed by atoms with van der Waals surface area (Å²) in [5.41, 5.74) is 1.31. The minimum absolute atomic E-state index is 0.337. The first-order valence-corrected chi connectivity index (χ1v) is 9.05. The van der Waals surface area contributed by atoms with Crippen LogP contribution in [-0.2, 0) is 11.0 Å². The van der Waals surface area contributed by atoms with Crippen LogP contribution >= 0.6 is 0 Å². The zero-order valence-electron chi connectivity index (χ0n) is 15.7. The van der Waals surface area contributed by atoms with Crippen molar-refractivity contribution >= 4 is 23.0 Å². The van der Waals surface area contributed by atoms with Gasteiger partial charge in [0.25, 0.3) is 5.91 Å². The first kappa shape index (κ1) is 19.3. The largest absolute Gasteiger partial charge is 0.416 e. The Morgan fingerprint density at radius 3 is 2.17 bits per heavy atom. The molecular formula is C21H19F4N3O. The molecule has 0 spiro atoms. The Labute approximate surface area is 165 Å². The second-order valence-electron chi connectivity index (χ2n) is 7.59. The number of benzene rings is 2. The van der Waals surface area contributed by atoms with E-state index < -0.39 is 29.0 Å². The molecule has 0 saturated carbocycles. The zero-order valence-corrected chi connectivity index (χ0v) is 15.7. The summed E-state index contributed by atoms with van der Waals surface area (Å²) in [6.45, 7) is 6.12. The minimum Gasteiger partial charge on any atom is -0.343 e. The third-order valence-corrected chi connectivity index (χ3v) is 5.49. The Bertz CT molecular complexity index is 965. The van der Waals surface area contributed by atoms with Gasteiger partial charge in [-0.2, -0.15) is 13.2 Å². The maximum atomic E-state index is 13.1. The summed E-state index contributed by atoms with van der Waals surface area (Å²) in [6.07, 6.45) is -4.39. The van der Waals surface area contributed by atoms with Crippen molar-refractivity contribution in [3.8, 4) is 0 Å². The van der Waals surface area contributed by atoms with Crippen LogP contribution in [0.15, 0.2) is 60.9 Å². The van der Waals surface area contributed by atoms with Crippen LogP contribution in [0.3, 0.4) is 0 Å². The van der Waals surface area contributed by atoms with Crippen LogP contribution in [-0.4, -0.2) is 36.1 Å². The van der Waals surface area contributed by atoms with Crippen molar-refractivity contribution in [3.05, 3.63) is 66.5 Å². The number of alkyl halides is 3. The van der Waals surface area contributed by atoms with E-state index in [9.17, 15) is 22.4 Å². The molecule has 2 heterocycles. The Hall–Kier alpha value is -3.03. The molecule has 2 aliphatic heterocycles. The second kappa shape index (κ2) is 6.50. The van der Waals surface area contributed by atoms with Crippen LogP contribution < -0.4 is 9.80 Å². The lowest BCUT2D eigenvalue weighted by Crippen LogP contribution is -2.70. The summed E-state index contributed by atoms with van der Waals surface area (Å²) in [6, 6.07) is 12.6. The first-order chi connectivity index (χ1) is 13.6. The molecule has 4 rings (SSSR count). The van der Waals surface area contributed by atoms with E-state index in [2.05, 4.69) is 11.5 Å². The van der Waals surface area contributed by atoms with Gasteiger partial charge >= 0.3 is 6.18 Å². The molecule has 0 unspecified atom stereocenters. The van der Waals surface area contributed by atoms with Gasteiger partial charge in [-0.05, 0) is 43.3 Å². The van der Waals surface area contributed by atoms with Gasteiger partial charge in [0.05, 0.1) is 29.1 Å². The van der Waals surface area contributed by atoms with Gasteiger partial charge in [0.1, 0.15) is 0 Å². The molecule has 0 bridgehead atoms. The summed E-state index contributed by atoms with van der Waals surface area (Å²) >= 11 is 0. The number of para-hydroxylation sites is 2. The fraction of sp³-hybridized carbons (Fsp3) is 0.286. The third-order valence-electron chi connectivity index (χ3n) is 5.49. The van der Waals surface area contributed by atoms with E-state index in [1.165, 1.54) is 17.0 Å². The van der Waals surface area contributed by atoms with E-state index in [0.29, 0.717) is 25.4 Å². The second-order valence-corrected chi connectivity index (χ2v) is 7.59. The summed E-state index contributed by atoms with van der Waals surface area (Å²) in [5, 5.41) is 0. The van der Waals surface area contributed by atoms with E-state index in [1.54, 1.807) is 0 Å². The van der Waals surface area contributed by atoms with Crippen molar-refractivity contribution in [2.75, 3.05) is 29.6 Å². The van der Waals surface area contributed by atoms with Gasteiger partial charge in [-0.15, -0.1) is 0 Å². The number of rotatable bonds is 3. The molecule has 152 valence electrons. The SMILES string of the molecule is C=C(F)C(=O)N1CC(C)(N2CN(c3ccc(C(F)(F)F)cc3)c3ccccc32)C1. The first-order valence-electron chi connectivity index (χ1n) is 9.05. The van der Waals surface area contributed by atoms with Crippen LogP contribution in [0, 0.1) is 0 Å². The van der Waals surface area contributed by atoms with E-state index in [0.717, 1.165) is 23.5 Å². The van der Waals surface area contributed by atoms with Crippen molar-refractivity contribution in [3.63, 3.8) is 0 Å². The number of nitrogens with zero attached hydrogens (tertiary/aromatic N) is 3. The van der Waals surface area contributed by atoms with Gasteiger partial charge in [-0.1, -0.05) is 18.7 Å². The molecule has 2 aromatic rings.